The van der Waals surface area contributed by atoms with Crippen molar-refractivity contribution >= 4 is 29.1 Å². The van der Waals surface area contributed by atoms with E-state index in [0.717, 1.165) is 0 Å². The number of rotatable bonds is 6. The van der Waals surface area contributed by atoms with E-state index in [1.165, 1.54) is 27.3 Å². The van der Waals surface area contributed by atoms with Gasteiger partial charge in [-0.2, -0.15) is 5.10 Å². The molecule has 10 nitrogen and oxygen atoms in total. The number of nitrogens with zero attached hydrogens (tertiary/aromatic N) is 4. The number of aryl methyl sites for hydroxylation is 1. The predicted octanol–water partition coefficient (Wildman–Crippen LogP) is 3.01. The SMILES string of the molecule is COC(=O)Nc1cc(Nc2cccc(-c3ncn(C)n3)c2OC)c(C(C)=O)cn1. The third kappa shape index (κ3) is 4.32. The molecule has 0 fully saturated rings. The molecule has 150 valence electrons. The lowest BCUT2D eigenvalue weighted by Gasteiger charge is -2.16. The summed E-state index contributed by atoms with van der Waals surface area (Å²) in [5.74, 6) is 1.05. The number of carbonyl (C=O) groups is 2. The van der Waals surface area contributed by atoms with Crippen LogP contribution in [0.15, 0.2) is 36.8 Å². The maximum Gasteiger partial charge on any atom is 0.412 e. The molecular formula is C19H20N6O4. The molecule has 3 aromatic rings. The Balaban J connectivity index is 2.03. The number of Topliss-reactive ketones (excluding diaryl/α,β-unsaturated/α-hetero) is 1. The fourth-order valence-corrected chi connectivity index (χ4v) is 2.70. The zero-order chi connectivity index (χ0) is 21.0. The lowest BCUT2D eigenvalue weighted by Crippen LogP contribution is -2.13. The maximum absolute atomic E-state index is 12.0. The van der Waals surface area contributed by atoms with Crippen LogP contribution < -0.4 is 15.4 Å². The average molecular weight is 396 g/mol. The number of para-hydroxylation sites is 1. The van der Waals surface area contributed by atoms with E-state index in [1.807, 2.05) is 12.1 Å². The molecule has 1 aromatic carbocycles. The summed E-state index contributed by atoms with van der Waals surface area (Å²) in [5, 5.41) is 9.97. The van der Waals surface area contributed by atoms with Gasteiger partial charge in [-0.1, -0.05) is 6.07 Å². The minimum Gasteiger partial charge on any atom is -0.494 e. The smallest absolute Gasteiger partial charge is 0.412 e. The van der Waals surface area contributed by atoms with Crippen LogP contribution in [0.1, 0.15) is 17.3 Å². The zero-order valence-corrected chi connectivity index (χ0v) is 16.4. The summed E-state index contributed by atoms with van der Waals surface area (Å²) >= 11 is 0. The second kappa shape index (κ2) is 8.38. The van der Waals surface area contributed by atoms with Crippen LogP contribution in [0.3, 0.4) is 0 Å². The number of hydrogen-bond donors (Lipinski definition) is 2. The van der Waals surface area contributed by atoms with Gasteiger partial charge in [0.05, 0.1) is 36.7 Å². The minimum absolute atomic E-state index is 0.189. The molecule has 0 radical (unpaired) electrons. The zero-order valence-electron chi connectivity index (χ0n) is 16.4. The molecule has 0 saturated carbocycles. The third-order valence-corrected chi connectivity index (χ3v) is 4.03. The Kier molecular flexibility index (Phi) is 5.72. The van der Waals surface area contributed by atoms with Crippen LogP contribution in [0.4, 0.5) is 22.0 Å². The van der Waals surface area contributed by atoms with Crippen LogP contribution in [-0.4, -0.2) is 45.8 Å². The summed E-state index contributed by atoms with van der Waals surface area (Å²) in [6.45, 7) is 1.43. The highest BCUT2D eigenvalue weighted by Gasteiger charge is 2.17. The molecule has 0 aliphatic heterocycles. The van der Waals surface area contributed by atoms with Crippen LogP contribution in [0.5, 0.6) is 5.75 Å². The van der Waals surface area contributed by atoms with Gasteiger partial charge in [0.1, 0.15) is 12.1 Å². The Labute approximate surface area is 166 Å². The highest BCUT2D eigenvalue weighted by molar-refractivity contribution is 6.01. The minimum atomic E-state index is -0.667. The highest BCUT2D eigenvalue weighted by Crippen LogP contribution is 2.37. The van der Waals surface area contributed by atoms with E-state index in [4.69, 9.17) is 4.74 Å². The number of benzene rings is 1. The number of ketones is 1. The van der Waals surface area contributed by atoms with Crippen molar-refractivity contribution < 1.29 is 19.1 Å². The number of aromatic nitrogens is 4. The van der Waals surface area contributed by atoms with E-state index in [-0.39, 0.29) is 11.6 Å². The van der Waals surface area contributed by atoms with Crippen molar-refractivity contribution in [3.05, 3.63) is 42.4 Å². The van der Waals surface area contributed by atoms with Gasteiger partial charge >= 0.3 is 6.09 Å². The van der Waals surface area contributed by atoms with Gasteiger partial charge in [-0.05, 0) is 19.1 Å². The summed E-state index contributed by atoms with van der Waals surface area (Å²) in [4.78, 5) is 31.9. The first kappa shape index (κ1) is 19.8. The van der Waals surface area contributed by atoms with E-state index in [1.54, 1.807) is 30.2 Å². The lowest BCUT2D eigenvalue weighted by atomic mass is 10.1. The number of amides is 1. The largest absolute Gasteiger partial charge is 0.494 e. The number of methoxy groups -OCH3 is 2. The fraction of sp³-hybridized carbons (Fsp3) is 0.211. The van der Waals surface area contributed by atoms with Gasteiger partial charge in [0.2, 0.25) is 0 Å². The number of nitrogens with one attached hydrogen (secondary N) is 2. The second-order valence-electron chi connectivity index (χ2n) is 6.04. The average Bonchev–Trinajstić information content (AvgIpc) is 3.13. The molecule has 0 spiro atoms. The quantitative estimate of drug-likeness (QED) is 0.610. The van der Waals surface area contributed by atoms with Crippen LogP contribution in [-0.2, 0) is 11.8 Å². The van der Waals surface area contributed by atoms with Crippen LogP contribution >= 0.6 is 0 Å². The Morgan fingerprint density at radius 2 is 1.93 bits per heavy atom. The predicted molar refractivity (Wildman–Crippen MR) is 107 cm³/mol. The summed E-state index contributed by atoms with van der Waals surface area (Å²) in [6.07, 6.45) is 2.31. The van der Waals surface area contributed by atoms with E-state index >= 15 is 0 Å². The Morgan fingerprint density at radius 1 is 1.14 bits per heavy atom. The van der Waals surface area contributed by atoms with Gasteiger partial charge in [0.25, 0.3) is 0 Å². The highest BCUT2D eigenvalue weighted by atomic mass is 16.5. The van der Waals surface area contributed by atoms with E-state index < -0.39 is 6.09 Å². The van der Waals surface area contributed by atoms with Crippen LogP contribution in [0.2, 0.25) is 0 Å². The molecule has 2 heterocycles. The van der Waals surface area contributed by atoms with Crippen LogP contribution in [0.25, 0.3) is 11.4 Å². The first-order valence-electron chi connectivity index (χ1n) is 8.59. The van der Waals surface area contributed by atoms with Crippen molar-refractivity contribution in [3.63, 3.8) is 0 Å². The lowest BCUT2D eigenvalue weighted by molar-refractivity contribution is 0.101. The van der Waals surface area contributed by atoms with Crippen LogP contribution in [0, 0.1) is 0 Å². The number of anilines is 3. The summed E-state index contributed by atoms with van der Waals surface area (Å²) in [5.41, 5.74) is 2.08. The Bertz CT molecular complexity index is 1060. The number of pyridine rings is 1. The van der Waals surface area contributed by atoms with Crippen molar-refractivity contribution in [1.82, 2.24) is 19.7 Å². The third-order valence-electron chi connectivity index (χ3n) is 4.03. The van der Waals surface area contributed by atoms with Gasteiger partial charge in [0.15, 0.2) is 17.4 Å². The van der Waals surface area contributed by atoms with Gasteiger partial charge in [-0.3, -0.25) is 14.8 Å². The monoisotopic (exact) mass is 396 g/mol. The first-order chi connectivity index (χ1) is 13.9. The Hall–Kier alpha value is -3.95. The molecule has 0 atom stereocenters. The summed E-state index contributed by atoms with van der Waals surface area (Å²) in [7, 11) is 4.56. The Morgan fingerprint density at radius 3 is 2.55 bits per heavy atom. The molecular weight excluding hydrogens is 376 g/mol. The molecule has 0 aliphatic rings. The molecule has 0 bridgehead atoms. The molecule has 1 amide bonds. The molecule has 2 aromatic heterocycles. The molecule has 10 heteroatoms. The van der Waals surface area contributed by atoms with E-state index in [9.17, 15) is 9.59 Å². The van der Waals surface area contributed by atoms with Gasteiger partial charge in [-0.25, -0.2) is 14.8 Å². The first-order valence-corrected chi connectivity index (χ1v) is 8.59. The van der Waals surface area contributed by atoms with Gasteiger partial charge < -0.3 is 14.8 Å². The maximum atomic E-state index is 12.0. The van der Waals surface area contributed by atoms with E-state index in [0.29, 0.717) is 34.1 Å². The molecule has 29 heavy (non-hydrogen) atoms. The molecule has 3 rings (SSSR count). The fourth-order valence-electron chi connectivity index (χ4n) is 2.70. The number of hydrogen-bond acceptors (Lipinski definition) is 8. The number of carbonyl (C=O) groups excluding carboxylic acids is 2. The molecule has 2 N–H and O–H groups in total. The normalized spacial score (nSPS) is 10.3. The van der Waals surface area contributed by atoms with Crippen molar-refractivity contribution in [1.29, 1.82) is 0 Å². The summed E-state index contributed by atoms with van der Waals surface area (Å²) in [6, 6.07) is 6.99. The second-order valence-corrected chi connectivity index (χ2v) is 6.04. The molecule has 0 aliphatic carbocycles. The van der Waals surface area contributed by atoms with Crippen molar-refractivity contribution in [2.24, 2.45) is 7.05 Å². The molecule has 0 saturated heterocycles. The van der Waals surface area contributed by atoms with Crippen molar-refractivity contribution in [2.75, 3.05) is 24.9 Å². The standard InChI is InChI=1S/C19H20N6O4/c1-11(26)13-9-20-16(23-19(27)29-4)8-15(13)22-14-7-5-6-12(17(14)28-3)18-21-10-25(2)24-18/h5-10H,1-4H3,(H2,20,22,23,27). The summed E-state index contributed by atoms with van der Waals surface area (Å²) < 4.78 is 11.8. The number of ether oxygens (including phenoxy) is 2. The van der Waals surface area contributed by atoms with E-state index in [2.05, 4.69) is 30.4 Å². The van der Waals surface area contributed by atoms with Crippen molar-refractivity contribution in [2.45, 2.75) is 6.92 Å². The topological polar surface area (TPSA) is 120 Å². The molecule has 0 unspecified atom stereocenters. The van der Waals surface area contributed by atoms with Gasteiger partial charge in [-0.15, -0.1) is 0 Å². The van der Waals surface area contributed by atoms with Crippen molar-refractivity contribution in [3.8, 4) is 17.1 Å². The van der Waals surface area contributed by atoms with Gasteiger partial charge in [0, 0.05) is 19.3 Å².